The van der Waals surface area contributed by atoms with Gasteiger partial charge >= 0.3 is 6.36 Å². The highest BCUT2D eigenvalue weighted by Crippen LogP contribution is 2.40. The maximum absolute atomic E-state index is 12.5. The fourth-order valence-corrected chi connectivity index (χ4v) is 3.51. The van der Waals surface area contributed by atoms with Crippen LogP contribution in [-0.2, 0) is 5.54 Å². The number of ether oxygens (including phenoxy) is 1. The molecule has 1 atom stereocenters. The molecular formula is C21H18F3N5O. The van der Waals surface area contributed by atoms with Crippen molar-refractivity contribution in [3.63, 3.8) is 0 Å². The predicted octanol–water partition coefficient (Wildman–Crippen LogP) is 3.55. The number of likely N-dealkylation sites (N-methyl/N-ethyl adjacent to an activating group) is 1. The van der Waals surface area contributed by atoms with Gasteiger partial charge in [-0.25, -0.2) is 15.0 Å². The molecule has 0 radical (unpaired) electrons. The van der Waals surface area contributed by atoms with Crippen LogP contribution in [0, 0.1) is 0 Å². The van der Waals surface area contributed by atoms with Gasteiger partial charge in [0.1, 0.15) is 11.3 Å². The molecule has 2 N–H and O–H groups in total. The molecule has 30 heavy (non-hydrogen) atoms. The fourth-order valence-electron chi connectivity index (χ4n) is 3.51. The monoisotopic (exact) mass is 413 g/mol. The summed E-state index contributed by atoms with van der Waals surface area (Å²) in [6.07, 6.45) is -1.44. The van der Waals surface area contributed by atoms with Gasteiger partial charge in [-0.15, -0.1) is 13.2 Å². The van der Waals surface area contributed by atoms with Gasteiger partial charge in [0.2, 0.25) is 0 Å². The van der Waals surface area contributed by atoms with Crippen LogP contribution < -0.4 is 10.5 Å². The van der Waals surface area contributed by atoms with Crippen molar-refractivity contribution in [3.05, 3.63) is 78.1 Å². The van der Waals surface area contributed by atoms with Crippen molar-refractivity contribution in [1.29, 1.82) is 0 Å². The lowest BCUT2D eigenvalue weighted by Gasteiger charge is -2.28. The van der Waals surface area contributed by atoms with Gasteiger partial charge in [0.25, 0.3) is 0 Å². The quantitative estimate of drug-likeness (QED) is 0.708. The van der Waals surface area contributed by atoms with Gasteiger partial charge in [-0.05, 0) is 35.4 Å². The van der Waals surface area contributed by atoms with E-state index in [0.717, 1.165) is 11.1 Å². The first-order chi connectivity index (χ1) is 14.3. The van der Waals surface area contributed by atoms with Crippen LogP contribution in [-0.4, -0.2) is 40.8 Å². The Morgan fingerprint density at radius 1 is 1.00 bits per heavy atom. The average Bonchev–Trinajstić information content (AvgIpc) is 3.04. The van der Waals surface area contributed by atoms with E-state index in [2.05, 4.69) is 14.7 Å². The Balaban J connectivity index is 1.78. The molecule has 1 aliphatic rings. The number of hydrogen-bond donors (Lipinski definition) is 1. The lowest BCUT2D eigenvalue weighted by molar-refractivity contribution is -0.274. The zero-order valence-electron chi connectivity index (χ0n) is 16.0. The third-order valence-electron chi connectivity index (χ3n) is 4.89. The van der Waals surface area contributed by atoms with E-state index in [1.54, 1.807) is 35.5 Å². The minimum absolute atomic E-state index is 0.295. The van der Waals surface area contributed by atoms with Gasteiger partial charge in [0.05, 0.1) is 6.54 Å². The number of guanidine groups is 1. The Morgan fingerprint density at radius 3 is 2.30 bits per heavy atom. The van der Waals surface area contributed by atoms with Gasteiger partial charge in [-0.1, -0.05) is 30.3 Å². The zero-order chi connectivity index (χ0) is 21.4. The topological polar surface area (TPSA) is 76.6 Å². The number of nitrogens with zero attached hydrogens (tertiary/aromatic N) is 4. The molecule has 0 aliphatic carbocycles. The first kappa shape index (κ1) is 19.7. The van der Waals surface area contributed by atoms with Crippen LogP contribution in [0.25, 0.3) is 11.4 Å². The molecule has 154 valence electrons. The highest BCUT2D eigenvalue weighted by Gasteiger charge is 2.41. The van der Waals surface area contributed by atoms with Crippen molar-refractivity contribution in [2.75, 3.05) is 13.6 Å². The zero-order valence-corrected chi connectivity index (χ0v) is 16.0. The number of rotatable bonds is 4. The molecule has 9 heteroatoms. The Hall–Kier alpha value is -3.62. The summed E-state index contributed by atoms with van der Waals surface area (Å²) in [5.74, 6) is 0.606. The lowest BCUT2D eigenvalue weighted by atomic mass is 9.83. The number of alkyl halides is 3. The standard InChI is InChI=1S/C21H18F3N5O/c1-29-13-20(28-19(29)25,15-6-8-17(9-7-15)30-21(22,23)24)16-5-2-4-14(12-16)18-26-10-3-11-27-18/h2-12H,13H2,1H3,(H2,25,28). The van der Waals surface area contributed by atoms with Crippen molar-refractivity contribution in [3.8, 4) is 17.1 Å². The van der Waals surface area contributed by atoms with Gasteiger partial charge in [-0.3, -0.25) is 0 Å². The molecule has 3 aromatic rings. The van der Waals surface area contributed by atoms with E-state index in [-0.39, 0.29) is 5.75 Å². The van der Waals surface area contributed by atoms with Crippen LogP contribution in [0.1, 0.15) is 11.1 Å². The highest BCUT2D eigenvalue weighted by atomic mass is 19.4. The summed E-state index contributed by atoms with van der Waals surface area (Å²) in [6, 6.07) is 15.0. The SMILES string of the molecule is CN1CC(c2ccc(OC(F)(F)F)cc2)(c2cccc(-c3ncccn3)c2)N=C1N. The summed E-state index contributed by atoms with van der Waals surface area (Å²) in [6.45, 7) is 0.428. The van der Waals surface area contributed by atoms with E-state index in [1.807, 2.05) is 31.3 Å². The second-order valence-electron chi connectivity index (χ2n) is 6.91. The molecular weight excluding hydrogens is 395 g/mol. The van der Waals surface area contributed by atoms with Gasteiger partial charge < -0.3 is 15.4 Å². The smallest absolute Gasteiger partial charge is 0.406 e. The molecule has 0 spiro atoms. The molecule has 2 aromatic carbocycles. The molecule has 0 bridgehead atoms. The Morgan fingerprint density at radius 2 is 1.70 bits per heavy atom. The third kappa shape index (κ3) is 3.78. The Bertz CT molecular complexity index is 1070. The van der Waals surface area contributed by atoms with Crippen LogP contribution in [0.4, 0.5) is 13.2 Å². The number of nitrogens with two attached hydrogens (primary N) is 1. The maximum atomic E-state index is 12.5. The predicted molar refractivity (Wildman–Crippen MR) is 106 cm³/mol. The number of aliphatic imine (C=N–C) groups is 1. The summed E-state index contributed by atoms with van der Waals surface area (Å²) in [5.41, 5.74) is 7.49. The number of benzene rings is 2. The van der Waals surface area contributed by atoms with Crippen LogP contribution in [0.3, 0.4) is 0 Å². The molecule has 4 rings (SSSR count). The van der Waals surface area contributed by atoms with Crippen LogP contribution in [0.15, 0.2) is 72.0 Å². The van der Waals surface area contributed by atoms with E-state index in [4.69, 9.17) is 10.7 Å². The van der Waals surface area contributed by atoms with Gasteiger partial charge in [-0.2, -0.15) is 0 Å². The van der Waals surface area contributed by atoms with E-state index in [1.165, 1.54) is 12.1 Å². The molecule has 6 nitrogen and oxygen atoms in total. The molecule has 0 saturated carbocycles. The fraction of sp³-hybridized carbons (Fsp3) is 0.190. The summed E-state index contributed by atoms with van der Waals surface area (Å²) >= 11 is 0. The van der Waals surface area contributed by atoms with Crippen LogP contribution in [0.5, 0.6) is 5.75 Å². The molecule has 0 fully saturated rings. The summed E-state index contributed by atoms with van der Waals surface area (Å²) in [7, 11) is 1.81. The van der Waals surface area contributed by atoms with Crippen molar-refractivity contribution in [1.82, 2.24) is 14.9 Å². The van der Waals surface area contributed by atoms with E-state index >= 15 is 0 Å². The molecule has 1 unspecified atom stereocenters. The molecule has 0 amide bonds. The molecule has 1 aliphatic heterocycles. The first-order valence-electron chi connectivity index (χ1n) is 9.07. The van der Waals surface area contributed by atoms with E-state index in [9.17, 15) is 13.2 Å². The molecule has 1 aromatic heterocycles. The summed E-state index contributed by atoms with van der Waals surface area (Å²) in [4.78, 5) is 15.1. The second-order valence-corrected chi connectivity index (χ2v) is 6.91. The third-order valence-corrected chi connectivity index (χ3v) is 4.89. The average molecular weight is 413 g/mol. The largest absolute Gasteiger partial charge is 0.573 e. The number of halogens is 3. The lowest BCUT2D eigenvalue weighted by Crippen LogP contribution is -2.34. The molecule has 0 saturated heterocycles. The minimum Gasteiger partial charge on any atom is -0.406 e. The van der Waals surface area contributed by atoms with E-state index in [0.29, 0.717) is 23.9 Å². The Labute approximate surface area is 170 Å². The number of hydrogen-bond acceptors (Lipinski definition) is 6. The normalized spacial score (nSPS) is 18.9. The highest BCUT2D eigenvalue weighted by molar-refractivity contribution is 5.81. The minimum atomic E-state index is -4.75. The van der Waals surface area contributed by atoms with Crippen molar-refractivity contribution >= 4 is 5.96 Å². The van der Waals surface area contributed by atoms with Crippen molar-refractivity contribution in [2.45, 2.75) is 11.9 Å². The maximum Gasteiger partial charge on any atom is 0.573 e. The van der Waals surface area contributed by atoms with Crippen molar-refractivity contribution in [2.24, 2.45) is 10.7 Å². The number of aromatic nitrogens is 2. The first-order valence-corrected chi connectivity index (χ1v) is 9.07. The Kier molecular flexibility index (Phi) is 4.81. The van der Waals surface area contributed by atoms with Crippen LogP contribution in [0.2, 0.25) is 0 Å². The van der Waals surface area contributed by atoms with Crippen LogP contribution >= 0.6 is 0 Å². The van der Waals surface area contributed by atoms with E-state index < -0.39 is 11.9 Å². The second kappa shape index (κ2) is 7.33. The van der Waals surface area contributed by atoms with Crippen molar-refractivity contribution < 1.29 is 17.9 Å². The molecule has 2 heterocycles. The summed E-state index contributed by atoms with van der Waals surface area (Å²) in [5, 5.41) is 0. The van der Waals surface area contributed by atoms with Gasteiger partial charge in [0.15, 0.2) is 11.8 Å². The van der Waals surface area contributed by atoms with Gasteiger partial charge in [0, 0.05) is 25.0 Å². The summed E-state index contributed by atoms with van der Waals surface area (Å²) < 4.78 is 41.5.